The fraction of sp³-hybridized carbons (Fsp3) is 0.571. The van der Waals surface area contributed by atoms with E-state index in [1.54, 1.807) is 17.2 Å². The molecule has 6 heterocycles. The van der Waals surface area contributed by atoms with Crippen LogP contribution in [-0.2, 0) is 9.47 Å². The quantitative estimate of drug-likeness (QED) is 0.183. The van der Waals surface area contributed by atoms with Gasteiger partial charge in [0.15, 0.2) is 18.6 Å². The van der Waals surface area contributed by atoms with Gasteiger partial charge >= 0.3 is 12.3 Å². The molecule has 4 fully saturated rings. The number of amides is 1. The summed E-state index contributed by atoms with van der Waals surface area (Å²) in [4.78, 5) is 29.3. The topological polar surface area (TPSA) is 98.1 Å². The van der Waals surface area contributed by atoms with Crippen molar-refractivity contribution in [2.24, 2.45) is 5.41 Å². The van der Waals surface area contributed by atoms with Gasteiger partial charge in [-0.3, -0.25) is 0 Å². The number of ether oxygens (including phenoxy) is 3. The highest BCUT2D eigenvalue weighted by molar-refractivity contribution is 6.07. The fourth-order valence-electron chi connectivity index (χ4n) is 8.98. The van der Waals surface area contributed by atoms with E-state index in [2.05, 4.69) is 23.4 Å². The van der Waals surface area contributed by atoms with Crippen molar-refractivity contribution in [2.75, 3.05) is 64.4 Å². The van der Waals surface area contributed by atoms with Crippen molar-refractivity contribution in [3.8, 4) is 16.9 Å². The lowest BCUT2D eigenvalue weighted by atomic mass is 9.72. The van der Waals surface area contributed by atoms with Gasteiger partial charge in [0.05, 0.1) is 11.7 Å². The number of rotatable bonds is 7. The predicted octanol–water partition coefficient (Wildman–Crippen LogP) is 8.49. The van der Waals surface area contributed by atoms with Gasteiger partial charge in [0.2, 0.25) is 0 Å². The van der Waals surface area contributed by atoms with Gasteiger partial charge in [-0.1, -0.05) is 18.7 Å². The largest absolute Gasteiger partial charge is 0.481 e. The number of hydrogen-bond donors (Lipinski definition) is 0. The molecule has 56 heavy (non-hydrogen) atoms. The Labute approximate surface area is 325 Å². The molecule has 2 unspecified atom stereocenters. The number of likely N-dealkylation sites (tertiary alicyclic amines) is 2. The van der Waals surface area contributed by atoms with Crippen LogP contribution in [0.15, 0.2) is 31.0 Å². The van der Waals surface area contributed by atoms with Crippen molar-refractivity contribution >= 4 is 39.8 Å². The Bertz CT molecular complexity index is 2140. The second-order valence-electron chi connectivity index (χ2n) is 17.3. The molecular weight excluding hydrogens is 724 g/mol. The summed E-state index contributed by atoms with van der Waals surface area (Å²) in [5.41, 5.74) is 3.29. The summed E-state index contributed by atoms with van der Waals surface area (Å²) in [5, 5.41) is 6.16. The highest BCUT2D eigenvalue weighted by Gasteiger charge is 2.48. The van der Waals surface area contributed by atoms with E-state index in [1.165, 1.54) is 0 Å². The zero-order valence-corrected chi connectivity index (χ0v) is 33.0. The van der Waals surface area contributed by atoms with E-state index in [9.17, 15) is 18.0 Å². The normalized spacial score (nSPS) is 21.9. The highest BCUT2D eigenvalue weighted by Crippen LogP contribution is 2.48. The van der Waals surface area contributed by atoms with Gasteiger partial charge in [0.1, 0.15) is 22.8 Å². The number of fused-ring (bicyclic) bond motifs is 2. The zero-order chi connectivity index (χ0) is 39.6. The summed E-state index contributed by atoms with van der Waals surface area (Å²) in [7, 11) is 2.06. The first-order valence-electron chi connectivity index (χ1n) is 19.8. The molecule has 2 aromatic carbocycles. The molecule has 4 saturated heterocycles. The van der Waals surface area contributed by atoms with Crippen molar-refractivity contribution < 1.29 is 32.2 Å². The third-order valence-corrected chi connectivity index (χ3v) is 11.8. The molecule has 0 bridgehead atoms. The monoisotopic (exact) mass is 775 g/mol. The van der Waals surface area contributed by atoms with E-state index in [0.717, 1.165) is 73.6 Å². The van der Waals surface area contributed by atoms with Crippen LogP contribution in [-0.4, -0.2) is 107 Å². The lowest BCUT2D eigenvalue weighted by Gasteiger charge is -2.53. The number of carbonyl (C=O) groups is 1. The second kappa shape index (κ2) is 14.5. The van der Waals surface area contributed by atoms with Gasteiger partial charge in [0.25, 0.3) is 0 Å². The number of aryl methyl sites for hydroxylation is 1. The molecule has 0 N–H and O–H groups in total. The van der Waals surface area contributed by atoms with Gasteiger partial charge in [-0.05, 0) is 109 Å². The number of benzene rings is 2. The van der Waals surface area contributed by atoms with Gasteiger partial charge in [-0.15, -0.1) is 0 Å². The third kappa shape index (κ3) is 7.42. The van der Waals surface area contributed by atoms with Crippen molar-refractivity contribution in [3.05, 3.63) is 47.9 Å². The van der Waals surface area contributed by atoms with Crippen LogP contribution >= 0.6 is 0 Å². The van der Waals surface area contributed by atoms with E-state index in [4.69, 9.17) is 29.3 Å². The number of alkyl halides is 3. The molecule has 8 rings (SSSR count). The van der Waals surface area contributed by atoms with Crippen LogP contribution in [0.3, 0.4) is 0 Å². The maximum absolute atomic E-state index is 14.2. The standard InChI is InChI=1S/C42H52F3N7O4/c1-7-27-20-29-35(36(55-25-42(43,44)45)34(27)33-26(2)11-12-31-30(33)21-46-52(31)32-10-8-9-19-54-32)47-37(28-13-16-49(6)22-28)48-38(29)50-17-14-41(15-18-50)23-51(24-41)39(53)56-40(3,4)5/h7,11-12,20-21,28,32H,1,8-10,13-19,22-25H2,2-6H3. The lowest BCUT2D eigenvalue weighted by molar-refractivity contribution is -0.153. The molecule has 4 aliphatic rings. The van der Waals surface area contributed by atoms with E-state index >= 15 is 0 Å². The summed E-state index contributed by atoms with van der Waals surface area (Å²) in [6.45, 7) is 15.1. The van der Waals surface area contributed by atoms with Crippen molar-refractivity contribution in [3.63, 3.8) is 0 Å². The Kier molecular flexibility index (Phi) is 9.95. The maximum atomic E-state index is 14.2. The molecule has 300 valence electrons. The summed E-state index contributed by atoms with van der Waals surface area (Å²) in [6.07, 6.45) is 3.69. The Morgan fingerprint density at radius 2 is 1.82 bits per heavy atom. The molecule has 2 aromatic heterocycles. The summed E-state index contributed by atoms with van der Waals surface area (Å²) < 4.78 is 62.0. The van der Waals surface area contributed by atoms with Gasteiger partial charge in [-0.2, -0.15) is 18.3 Å². The lowest BCUT2D eigenvalue weighted by Crippen LogP contribution is -2.62. The van der Waals surface area contributed by atoms with E-state index < -0.39 is 18.4 Å². The van der Waals surface area contributed by atoms with E-state index in [0.29, 0.717) is 66.5 Å². The molecule has 0 radical (unpaired) electrons. The highest BCUT2D eigenvalue weighted by atomic mass is 19.4. The molecule has 1 amide bonds. The number of hydrogen-bond acceptors (Lipinski definition) is 9. The van der Waals surface area contributed by atoms with Gasteiger partial charge < -0.3 is 28.9 Å². The first-order valence-corrected chi connectivity index (χ1v) is 19.8. The molecule has 2 atom stereocenters. The zero-order valence-electron chi connectivity index (χ0n) is 33.0. The summed E-state index contributed by atoms with van der Waals surface area (Å²) in [6, 6.07) is 5.93. The number of piperidine rings is 1. The third-order valence-electron chi connectivity index (χ3n) is 11.8. The first kappa shape index (κ1) is 38.4. The molecule has 11 nitrogen and oxygen atoms in total. The number of aromatic nitrogens is 4. The Balaban J connectivity index is 1.25. The smallest absolute Gasteiger partial charge is 0.422 e. The van der Waals surface area contributed by atoms with Crippen LogP contribution in [0.5, 0.6) is 5.75 Å². The maximum Gasteiger partial charge on any atom is 0.422 e. The minimum Gasteiger partial charge on any atom is -0.481 e. The molecule has 1 spiro atoms. The summed E-state index contributed by atoms with van der Waals surface area (Å²) >= 11 is 0. The Hall–Kier alpha value is -4.43. The van der Waals surface area contributed by atoms with Crippen LogP contribution in [0, 0.1) is 12.3 Å². The number of anilines is 1. The second-order valence-corrected chi connectivity index (χ2v) is 17.3. The molecule has 4 aliphatic heterocycles. The minimum atomic E-state index is -4.60. The van der Waals surface area contributed by atoms with E-state index in [1.807, 2.05) is 50.6 Å². The molecular formula is C42H52F3N7O4. The predicted molar refractivity (Wildman–Crippen MR) is 210 cm³/mol. The minimum absolute atomic E-state index is 0.00481. The Morgan fingerprint density at radius 3 is 2.46 bits per heavy atom. The van der Waals surface area contributed by atoms with Gasteiger partial charge in [-0.25, -0.2) is 19.4 Å². The van der Waals surface area contributed by atoms with Gasteiger partial charge in [0, 0.05) is 67.0 Å². The number of nitrogens with zero attached hydrogens (tertiary/aromatic N) is 7. The Morgan fingerprint density at radius 1 is 1.05 bits per heavy atom. The molecule has 0 aliphatic carbocycles. The average Bonchev–Trinajstić information content (AvgIpc) is 3.78. The van der Waals surface area contributed by atoms with Crippen molar-refractivity contribution in [2.45, 2.75) is 90.1 Å². The molecule has 14 heteroatoms. The van der Waals surface area contributed by atoms with Crippen LogP contribution in [0.4, 0.5) is 23.8 Å². The number of carbonyl (C=O) groups excluding carboxylic acids is 1. The van der Waals surface area contributed by atoms with Crippen LogP contribution in [0.1, 0.15) is 88.4 Å². The molecule has 0 saturated carbocycles. The number of likely N-dealkylation sites (N-methyl/N-ethyl adjacent to an activating group) is 1. The molecule has 4 aromatic rings. The fourth-order valence-corrected chi connectivity index (χ4v) is 8.98. The summed E-state index contributed by atoms with van der Waals surface area (Å²) in [5.74, 6) is 1.35. The SMILES string of the molecule is C=Cc1cc2c(N3CCC4(CC3)CN(C(=O)OC(C)(C)C)C4)nc(C3CCN(C)C3)nc2c(OCC(F)(F)F)c1-c1c(C)ccc2c1cnn2C1CCCCO1. The van der Waals surface area contributed by atoms with Crippen LogP contribution in [0.25, 0.3) is 39.0 Å². The average molecular weight is 776 g/mol. The van der Waals surface area contributed by atoms with Crippen LogP contribution in [0.2, 0.25) is 0 Å². The van der Waals surface area contributed by atoms with E-state index in [-0.39, 0.29) is 29.4 Å². The first-order chi connectivity index (χ1) is 26.6. The van der Waals surface area contributed by atoms with Crippen molar-refractivity contribution in [1.82, 2.24) is 29.5 Å². The van der Waals surface area contributed by atoms with Crippen LogP contribution < -0.4 is 9.64 Å². The van der Waals surface area contributed by atoms with Crippen molar-refractivity contribution in [1.29, 1.82) is 0 Å². The number of halogens is 3.